The van der Waals surface area contributed by atoms with Gasteiger partial charge in [-0.25, -0.2) is 0 Å². The molecule has 0 aromatic rings. The molecule has 1 unspecified atom stereocenters. The van der Waals surface area contributed by atoms with E-state index in [1.54, 1.807) is 24.3 Å². The second-order valence-electron chi connectivity index (χ2n) is 4.14. The van der Waals surface area contributed by atoms with E-state index in [1.165, 1.54) is 0 Å². The standard InChI is InChI=1S/C14H13ClO2/c15-12-8-6-11(7-9-12)14(17)13(16)10-4-2-1-3-5-10/h1-2,4,6,8-9,11H,3,5,7H2. The van der Waals surface area contributed by atoms with Crippen molar-refractivity contribution < 1.29 is 9.59 Å². The lowest BCUT2D eigenvalue weighted by Crippen LogP contribution is -2.24. The van der Waals surface area contributed by atoms with E-state index in [2.05, 4.69) is 0 Å². The zero-order chi connectivity index (χ0) is 12.3. The Labute approximate surface area is 105 Å². The van der Waals surface area contributed by atoms with Crippen LogP contribution in [-0.4, -0.2) is 11.6 Å². The second-order valence-corrected chi connectivity index (χ2v) is 4.58. The van der Waals surface area contributed by atoms with Gasteiger partial charge in [-0.05, 0) is 25.3 Å². The molecule has 0 spiro atoms. The third kappa shape index (κ3) is 2.83. The predicted octanol–water partition coefficient (Wildman–Crippen LogP) is 3.10. The molecular formula is C14H13ClO2. The molecule has 0 aromatic carbocycles. The van der Waals surface area contributed by atoms with Crippen LogP contribution in [-0.2, 0) is 9.59 Å². The summed E-state index contributed by atoms with van der Waals surface area (Å²) < 4.78 is 0. The molecular weight excluding hydrogens is 236 g/mol. The topological polar surface area (TPSA) is 34.1 Å². The maximum absolute atomic E-state index is 12.0. The summed E-state index contributed by atoms with van der Waals surface area (Å²) in [5.74, 6) is -1.03. The second kappa shape index (κ2) is 5.28. The highest BCUT2D eigenvalue weighted by atomic mass is 35.5. The van der Waals surface area contributed by atoms with E-state index >= 15 is 0 Å². The van der Waals surface area contributed by atoms with Gasteiger partial charge in [0.2, 0.25) is 11.6 Å². The molecule has 88 valence electrons. The van der Waals surface area contributed by atoms with Crippen LogP contribution in [0.2, 0.25) is 0 Å². The van der Waals surface area contributed by atoms with Gasteiger partial charge in [0.05, 0.1) is 0 Å². The Hall–Kier alpha value is -1.41. The minimum atomic E-state index is -0.351. The molecule has 0 aliphatic heterocycles. The molecule has 2 aliphatic rings. The first-order valence-electron chi connectivity index (χ1n) is 5.66. The number of carbonyl (C=O) groups is 2. The molecule has 3 heteroatoms. The van der Waals surface area contributed by atoms with E-state index in [-0.39, 0.29) is 17.5 Å². The molecule has 17 heavy (non-hydrogen) atoms. The van der Waals surface area contributed by atoms with E-state index < -0.39 is 0 Å². The van der Waals surface area contributed by atoms with Crippen molar-refractivity contribution in [3.8, 4) is 0 Å². The summed E-state index contributed by atoms with van der Waals surface area (Å²) in [7, 11) is 0. The third-order valence-electron chi connectivity index (χ3n) is 2.92. The Morgan fingerprint density at radius 2 is 2.18 bits per heavy atom. The van der Waals surface area contributed by atoms with Crippen LogP contribution in [0.1, 0.15) is 19.3 Å². The van der Waals surface area contributed by atoms with Crippen molar-refractivity contribution in [1.29, 1.82) is 0 Å². The number of halogens is 1. The molecule has 0 N–H and O–H groups in total. The Balaban J connectivity index is 2.06. The van der Waals surface area contributed by atoms with Crippen LogP contribution >= 0.6 is 11.6 Å². The van der Waals surface area contributed by atoms with Gasteiger partial charge in [0.15, 0.2) is 0 Å². The average molecular weight is 249 g/mol. The fourth-order valence-corrected chi connectivity index (χ4v) is 2.07. The summed E-state index contributed by atoms with van der Waals surface area (Å²) in [6, 6.07) is 0. The van der Waals surface area contributed by atoms with Crippen LogP contribution in [0.15, 0.2) is 47.1 Å². The van der Waals surface area contributed by atoms with Crippen molar-refractivity contribution in [3.05, 3.63) is 47.1 Å². The van der Waals surface area contributed by atoms with Gasteiger partial charge in [0.1, 0.15) is 0 Å². The summed E-state index contributed by atoms with van der Waals surface area (Å²) >= 11 is 5.77. The van der Waals surface area contributed by atoms with Crippen molar-refractivity contribution in [1.82, 2.24) is 0 Å². The van der Waals surface area contributed by atoms with Gasteiger partial charge < -0.3 is 0 Å². The van der Waals surface area contributed by atoms with Crippen LogP contribution < -0.4 is 0 Å². The van der Waals surface area contributed by atoms with Gasteiger partial charge in [0.25, 0.3) is 0 Å². The van der Waals surface area contributed by atoms with E-state index in [4.69, 9.17) is 11.6 Å². The molecule has 0 radical (unpaired) electrons. The Bertz CT molecular complexity index is 467. The van der Waals surface area contributed by atoms with E-state index in [0.29, 0.717) is 23.4 Å². The minimum absolute atomic E-state index is 0.330. The quantitative estimate of drug-likeness (QED) is 0.720. The lowest BCUT2D eigenvalue weighted by atomic mass is 9.89. The van der Waals surface area contributed by atoms with Crippen LogP contribution in [0.5, 0.6) is 0 Å². The maximum atomic E-state index is 12.0. The molecule has 1 atom stereocenters. The fraction of sp³-hybridized carbons (Fsp3) is 0.286. The van der Waals surface area contributed by atoms with Crippen LogP contribution in [0, 0.1) is 5.92 Å². The molecule has 0 saturated heterocycles. The van der Waals surface area contributed by atoms with Crippen molar-refractivity contribution in [2.24, 2.45) is 5.92 Å². The highest BCUT2D eigenvalue weighted by molar-refractivity contribution is 6.44. The van der Waals surface area contributed by atoms with Crippen molar-refractivity contribution in [2.75, 3.05) is 0 Å². The number of hydrogen-bond acceptors (Lipinski definition) is 2. The van der Waals surface area contributed by atoms with Gasteiger partial charge in [-0.1, -0.05) is 42.0 Å². The van der Waals surface area contributed by atoms with Gasteiger partial charge in [-0.15, -0.1) is 0 Å². The highest BCUT2D eigenvalue weighted by Crippen LogP contribution is 2.22. The van der Waals surface area contributed by atoms with Crippen molar-refractivity contribution in [3.63, 3.8) is 0 Å². The lowest BCUT2D eigenvalue weighted by molar-refractivity contribution is -0.136. The Morgan fingerprint density at radius 1 is 1.35 bits per heavy atom. The maximum Gasteiger partial charge on any atom is 0.225 e. The predicted molar refractivity (Wildman–Crippen MR) is 67.7 cm³/mol. The Kier molecular flexibility index (Phi) is 3.75. The number of allylic oxidation sites excluding steroid dienone is 8. The van der Waals surface area contributed by atoms with Gasteiger partial charge >= 0.3 is 0 Å². The fourth-order valence-electron chi connectivity index (χ4n) is 1.91. The number of Topliss-reactive ketones (excluding diaryl/α,β-unsaturated/α-hetero) is 2. The zero-order valence-electron chi connectivity index (χ0n) is 9.36. The highest BCUT2D eigenvalue weighted by Gasteiger charge is 2.26. The summed E-state index contributed by atoms with van der Waals surface area (Å²) in [4.78, 5) is 23.9. The zero-order valence-corrected chi connectivity index (χ0v) is 10.1. The first kappa shape index (κ1) is 12.1. The molecule has 0 amide bonds. The molecule has 2 nitrogen and oxygen atoms in total. The van der Waals surface area contributed by atoms with Gasteiger partial charge in [-0.3, -0.25) is 9.59 Å². The molecule has 0 heterocycles. The molecule has 0 bridgehead atoms. The number of carbonyl (C=O) groups excluding carboxylic acids is 2. The SMILES string of the molecule is O=C(C(=O)C1C=CC(Cl)=CC1)C1=CC=CCC1. The molecule has 2 rings (SSSR count). The van der Waals surface area contributed by atoms with E-state index in [0.717, 1.165) is 6.42 Å². The monoisotopic (exact) mass is 248 g/mol. The molecule has 0 saturated carbocycles. The smallest absolute Gasteiger partial charge is 0.225 e. The van der Waals surface area contributed by atoms with Crippen LogP contribution in [0.3, 0.4) is 0 Å². The Morgan fingerprint density at radius 3 is 2.76 bits per heavy atom. The van der Waals surface area contributed by atoms with Crippen molar-refractivity contribution >= 4 is 23.2 Å². The third-order valence-corrected chi connectivity index (χ3v) is 3.20. The average Bonchev–Trinajstić information content (AvgIpc) is 2.39. The number of rotatable bonds is 3. The molecule has 2 aliphatic carbocycles. The first-order chi connectivity index (χ1) is 8.18. The van der Waals surface area contributed by atoms with Crippen LogP contribution in [0.4, 0.5) is 0 Å². The van der Waals surface area contributed by atoms with Gasteiger partial charge in [-0.2, -0.15) is 0 Å². The molecule has 0 fully saturated rings. The summed E-state index contributed by atoms with van der Waals surface area (Å²) in [6.45, 7) is 0. The minimum Gasteiger partial charge on any atom is -0.290 e. The van der Waals surface area contributed by atoms with Gasteiger partial charge in [0, 0.05) is 16.5 Å². The normalized spacial score (nSPS) is 23.0. The summed E-state index contributed by atoms with van der Waals surface area (Å²) in [5, 5.41) is 0.626. The van der Waals surface area contributed by atoms with Crippen LogP contribution in [0.25, 0.3) is 0 Å². The van der Waals surface area contributed by atoms with E-state index in [9.17, 15) is 9.59 Å². The molecule has 0 aromatic heterocycles. The first-order valence-corrected chi connectivity index (χ1v) is 6.04. The number of ketones is 2. The lowest BCUT2D eigenvalue weighted by Gasteiger charge is -2.14. The summed E-state index contributed by atoms with van der Waals surface area (Å²) in [5.41, 5.74) is 0.617. The van der Waals surface area contributed by atoms with Crippen molar-refractivity contribution in [2.45, 2.75) is 19.3 Å². The van der Waals surface area contributed by atoms with E-state index in [1.807, 2.05) is 12.2 Å². The largest absolute Gasteiger partial charge is 0.290 e. The number of hydrogen-bond donors (Lipinski definition) is 0. The summed E-state index contributed by atoms with van der Waals surface area (Å²) in [6.07, 6.45) is 12.7.